The van der Waals surface area contributed by atoms with Gasteiger partial charge in [0.25, 0.3) is 5.91 Å². The molecule has 1 amide bonds. The van der Waals surface area contributed by atoms with Crippen LogP contribution in [0.5, 0.6) is 5.75 Å². The van der Waals surface area contributed by atoms with Gasteiger partial charge in [-0.05, 0) is 36.8 Å². The lowest BCUT2D eigenvalue weighted by atomic mass is 9.59. The number of amides is 1. The van der Waals surface area contributed by atoms with E-state index in [1.165, 1.54) is 6.07 Å². The topological polar surface area (TPSA) is 199 Å². The maximum absolute atomic E-state index is 13.6. The Balaban J connectivity index is 1.94. The molecule has 1 aromatic rings. The van der Waals surface area contributed by atoms with Gasteiger partial charge < -0.3 is 36.2 Å². The molecule has 0 radical (unpaired) electrons. The van der Waals surface area contributed by atoms with Gasteiger partial charge in [0.2, 0.25) is 5.78 Å². The van der Waals surface area contributed by atoms with Gasteiger partial charge in [0.15, 0.2) is 17.2 Å². The van der Waals surface area contributed by atoms with Gasteiger partial charge in [-0.3, -0.25) is 19.2 Å². The molecule has 0 bridgehead atoms. The van der Waals surface area contributed by atoms with Crippen molar-refractivity contribution in [1.29, 1.82) is 0 Å². The zero-order chi connectivity index (χ0) is 26.7. The molecular formula is C25H28N2O9. The molecule has 1 aromatic carbocycles. The van der Waals surface area contributed by atoms with E-state index in [1.54, 1.807) is 19.0 Å². The maximum atomic E-state index is 13.6. The number of Topliss-reactive ketones (excluding diaryl/α,β-unsaturated/α-hetero) is 3. The second-order valence-electron chi connectivity index (χ2n) is 9.70. The Hall–Kier alpha value is -3.70. The van der Waals surface area contributed by atoms with Crippen LogP contribution in [0.3, 0.4) is 0 Å². The Bertz CT molecular complexity index is 1280. The highest BCUT2D eigenvalue weighted by atomic mass is 16.3. The summed E-state index contributed by atoms with van der Waals surface area (Å²) in [6.45, 7) is -0.226. The molecule has 3 aliphatic carbocycles. The summed E-state index contributed by atoms with van der Waals surface area (Å²) in [5, 5.41) is 53.3. The first-order valence-electron chi connectivity index (χ1n) is 11.5. The average Bonchev–Trinajstić information content (AvgIpc) is 2.79. The van der Waals surface area contributed by atoms with Crippen molar-refractivity contribution in [1.82, 2.24) is 0 Å². The minimum atomic E-state index is -2.65. The van der Waals surface area contributed by atoms with Crippen LogP contribution in [0.2, 0.25) is 0 Å². The SMILES string of the molecule is CN(C)c1cc(C(=O)CCCO)c(O)c2c1C[C@H]1C[C@H]3CC(=O)C(C(N)=O)=C(O)[C@@]3(O)C(=O)C1=C2O. The van der Waals surface area contributed by atoms with E-state index in [2.05, 4.69) is 0 Å². The number of aliphatic hydroxyl groups excluding tert-OH is 3. The molecule has 0 aromatic heterocycles. The lowest BCUT2D eigenvalue weighted by Crippen LogP contribution is -2.58. The van der Waals surface area contributed by atoms with Crippen LogP contribution in [0.4, 0.5) is 5.69 Å². The lowest BCUT2D eigenvalue weighted by molar-refractivity contribution is -0.147. The molecule has 7 N–H and O–H groups in total. The van der Waals surface area contributed by atoms with Crippen LogP contribution in [-0.4, -0.2) is 75.1 Å². The van der Waals surface area contributed by atoms with Crippen molar-refractivity contribution in [3.63, 3.8) is 0 Å². The summed E-state index contributed by atoms with van der Waals surface area (Å²) in [5.41, 5.74) is 2.17. The largest absolute Gasteiger partial charge is 0.508 e. The number of rotatable bonds is 6. The van der Waals surface area contributed by atoms with Crippen LogP contribution in [-0.2, 0) is 20.8 Å². The quantitative estimate of drug-likeness (QED) is 0.235. The van der Waals surface area contributed by atoms with Crippen LogP contribution in [0, 0.1) is 11.8 Å². The highest BCUT2D eigenvalue weighted by Gasteiger charge is 2.60. The third kappa shape index (κ3) is 3.49. The highest BCUT2D eigenvalue weighted by Crippen LogP contribution is 2.53. The van der Waals surface area contributed by atoms with Gasteiger partial charge in [0.1, 0.15) is 22.8 Å². The number of anilines is 1. The first-order chi connectivity index (χ1) is 16.9. The number of aliphatic hydroxyl groups is 4. The van der Waals surface area contributed by atoms with Crippen molar-refractivity contribution in [2.24, 2.45) is 17.6 Å². The number of nitrogens with two attached hydrogens (primary N) is 1. The number of fused-ring (bicyclic) bond motifs is 3. The minimum Gasteiger partial charge on any atom is -0.508 e. The van der Waals surface area contributed by atoms with Gasteiger partial charge in [-0.25, -0.2) is 0 Å². The summed E-state index contributed by atoms with van der Waals surface area (Å²) in [6, 6.07) is 1.49. The van der Waals surface area contributed by atoms with Crippen molar-refractivity contribution in [3.8, 4) is 5.75 Å². The van der Waals surface area contributed by atoms with E-state index in [0.717, 1.165) is 0 Å². The number of aromatic hydroxyl groups is 1. The summed E-state index contributed by atoms with van der Waals surface area (Å²) in [5.74, 6) is -7.70. The van der Waals surface area contributed by atoms with Crippen molar-refractivity contribution < 1.29 is 44.7 Å². The fourth-order valence-electron chi connectivity index (χ4n) is 5.66. The average molecular weight is 501 g/mol. The second-order valence-corrected chi connectivity index (χ2v) is 9.70. The van der Waals surface area contributed by atoms with Gasteiger partial charge in [0.05, 0.1) is 11.1 Å². The maximum Gasteiger partial charge on any atom is 0.255 e. The number of phenols is 1. The van der Waals surface area contributed by atoms with Gasteiger partial charge in [-0.2, -0.15) is 0 Å². The molecule has 0 unspecified atom stereocenters. The molecule has 0 heterocycles. The number of phenolic OH excluding ortho intramolecular Hbond substituents is 1. The zero-order valence-corrected chi connectivity index (χ0v) is 19.9. The number of nitrogens with zero attached hydrogens (tertiary/aromatic N) is 1. The third-order valence-corrected chi connectivity index (χ3v) is 7.38. The summed E-state index contributed by atoms with van der Waals surface area (Å²) in [6.07, 6.45) is -0.125. The predicted molar refractivity (Wildman–Crippen MR) is 126 cm³/mol. The Labute approximate surface area is 206 Å². The fourth-order valence-corrected chi connectivity index (χ4v) is 5.66. The first kappa shape index (κ1) is 25.4. The Kier molecular flexibility index (Phi) is 6.17. The predicted octanol–water partition coefficient (Wildman–Crippen LogP) is 0.445. The molecule has 11 heteroatoms. The molecule has 192 valence electrons. The van der Waals surface area contributed by atoms with Crippen molar-refractivity contribution in [3.05, 3.63) is 39.7 Å². The molecule has 0 saturated heterocycles. The van der Waals surface area contributed by atoms with Crippen molar-refractivity contribution in [2.45, 2.75) is 37.7 Å². The number of hydrogen-bond acceptors (Lipinski definition) is 10. The molecule has 11 nitrogen and oxygen atoms in total. The molecule has 1 saturated carbocycles. The molecule has 3 aliphatic rings. The van der Waals surface area contributed by atoms with Gasteiger partial charge in [0, 0.05) is 50.7 Å². The minimum absolute atomic E-state index is 0.0216. The van der Waals surface area contributed by atoms with Crippen LogP contribution >= 0.6 is 0 Å². The molecule has 3 atom stereocenters. The zero-order valence-electron chi connectivity index (χ0n) is 19.9. The lowest BCUT2D eigenvalue weighted by Gasteiger charge is -2.46. The van der Waals surface area contributed by atoms with E-state index in [0.29, 0.717) is 11.3 Å². The van der Waals surface area contributed by atoms with Crippen LogP contribution in [0.15, 0.2) is 23.0 Å². The van der Waals surface area contributed by atoms with Crippen molar-refractivity contribution >= 4 is 34.7 Å². The molecule has 0 spiro atoms. The van der Waals surface area contributed by atoms with Gasteiger partial charge in [-0.1, -0.05) is 0 Å². The Morgan fingerprint density at radius 2 is 1.83 bits per heavy atom. The van der Waals surface area contributed by atoms with Crippen LogP contribution in [0.25, 0.3) is 5.76 Å². The summed E-state index contributed by atoms with van der Waals surface area (Å²) < 4.78 is 0. The molecular weight excluding hydrogens is 472 g/mol. The number of ketones is 3. The number of primary amides is 1. The van der Waals surface area contributed by atoms with E-state index in [9.17, 15) is 39.6 Å². The number of carbonyl (C=O) groups excluding carboxylic acids is 4. The molecule has 0 aliphatic heterocycles. The standard InChI is InChI=1S/C25H28N2O9/c1-27(2)14-9-13(15(29)4-3-5-28)20(31)18-12(14)7-10-6-11-8-16(30)19(24(26)35)23(34)25(11,36)22(33)17(10)21(18)32/h9-11,28,31-32,34,36H,3-8H2,1-2H3,(H2,26,35)/t10-,11+,25+/m1/s1. The number of benzene rings is 1. The second kappa shape index (κ2) is 8.75. The number of carbonyl (C=O) groups is 4. The van der Waals surface area contributed by atoms with Crippen molar-refractivity contribution in [2.75, 3.05) is 25.6 Å². The van der Waals surface area contributed by atoms with Gasteiger partial charge in [-0.15, -0.1) is 0 Å². The Morgan fingerprint density at radius 1 is 1.17 bits per heavy atom. The van der Waals surface area contributed by atoms with E-state index < -0.39 is 70.0 Å². The summed E-state index contributed by atoms with van der Waals surface area (Å²) in [4.78, 5) is 52.2. The first-order valence-corrected chi connectivity index (χ1v) is 11.5. The third-order valence-electron chi connectivity index (χ3n) is 7.38. The fraction of sp³-hybridized carbons (Fsp3) is 0.440. The molecule has 4 rings (SSSR count). The van der Waals surface area contributed by atoms with E-state index in [4.69, 9.17) is 10.8 Å². The monoisotopic (exact) mass is 500 g/mol. The summed E-state index contributed by atoms with van der Waals surface area (Å²) >= 11 is 0. The van der Waals surface area contributed by atoms with Crippen LogP contribution < -0.4 is 10.6 Å². The van der Waals surface area contributed by atoms with E-state index in [-0.39, 0.29) is 49.0 Å². The van der Waals surface area contributed by atoms with Gasteiger partial charge >= 0.3 is 0 Å². The molecule has 1 fully saturated rings. The van der Waals surface area contributed by atoms with Crippen LogP contribution in [0.1, 0.15) is 47.2 Å². The summed E-state index contributed by atoms with van der Waals surface area (Å²) in [7, 11) is 3.42. The smallest absolute Gasteiger partial charge is 0.255 e. The number of hydrogen-bond donors (Lipinski definition) is 6. The highest BCUT2D eigenvalue weighted by molar-refractivity contribution is 6.22. The normalized spacial score (nSPS) is 25.3. The van der Waals surface area contributed by atoms with E-state index in [1.807, 2.05) is 0 Å². The van der Waals surface area contributed by atoms with E-state index >= 15 is 0 Å². The molecule has 36 heavy (non-hydrogen) atoms. The Morgan fingerprint density at radius 3 is 2.42 bits per heavy atom.